The Morgan fingerprint density at radius 3 is 2.47 bits per heavy atom. The Morgan fingerprint density at radius 2 is 1.76 bits per heavy atom. The van der Waals surface area contributed by atoms with E-state index in [1.807, 2.05) is 13.0 Å². The number of aryl methyl sites for hydroxylation is 2. The predicted molar refractivity (Wildman–Crippen MR) is 72.4 cm³/mol. The molecular weight excluding hydrogens is 228 g/mol. The van der Waals surface area contributed by atoms with E-state index in [1.165, 1.54) is 16.0 Å². The fraction of sp³-hybridized carbons (Fsp3) is 0.200. The Labute approximate surface area is 107 Å². The van der Waals surface area contributed by atoms with Gasteiger partial charge >= 0.3 is 0 Å². The fourth-order valence-corrected chi connectivity index (χ4v) is 2.77. The van der Waals surface area contributed by atoms with Crippen molar-refractivity contribution < 1.29 is 5.11 Å². The van der Waals surface area contributed by atoms with Crippen molar-refractivity contribution in [3.8, 4) is 0 Å². The van der Waals surface area contributed by atoms with Crippen molar-refractivity contribution in [1.29, 1.82) is 0 Å². The molecule has 0 bridgehead atoms. The van der Waals surface area contributed by atoms with Gasteiger partial charge in [0.1, 0.15) is 0 Å². The summed E-state index contributed by atoms with van der Waals surface area (Å²) >= 11 is 1.70. The summed E-state index contributed by atoms with van der Waals surface area (Å²) in [6, 6.07) is 14.6. The van der Waals surface area contributed by atoms with Crippen molar-refractivity contribution in [3.05, 3.63) is 59.2 Å². The van der Waals surface area contributed by atoms with Gasteiger partial charge in [-0.3, -0.25) is 0 Å². The zero-order valence-corrected chi connectivity index (χ0v) is 10.9. The van der Waals surface area contributed by atoms with Crippen LogP contribution in [0.1, 0.15) is 16.7 Å². The third kappa shape index (κ3) is 3.11. The van der Waals surface area contributed by atoms with Crippen molar-refractivity contribution in [2.24, 2.45) is 0 Å². The maximum Gasteiger partial charge on any atom is 0.0692 e. The minimum Gasteiger partial charge on any atom is -0.392 e. The molecule has 0 saturated carbocycles. The van der Waals surface area contributed by atoms with E-state index in [1.54, 1.807) is 11.8 Å². The molecular formula is C15H16OS. The summed E-state index contributed by atoms with van der Waals surface area (Å²) < 4.78 is 0. The third-order valence-electron chi connectivity index (χ3n) is 2.60. The second-order valence-electron chi connectivity index (χ2n) is 4.19. The van der Waals surface area contributed by atoms with Crippen molar-refractivity contribution >= 4 is 11.8 Å². The fourth-order valence-electron chi connectivity index (χ4n) is 1.74. The summed E-state index contributed by atoms with van der Waals surface area (Å²) in [6.07, 6.45) is 0. The molecule has 88 valence electrons. The van der Waals surface area contributed by atoms with E-state index in [0.717, 1.165) is 10.5 Å². The van der Waals surface area contributed by atoms with Crippen LogP contribution < -0.4 is 0 Å². The van der Waals surface area contributed by atoms with Gasteiger partial charge in [-0.25, -0.2) is 0 Å². The quantitative estimate of drug-likeness (QED) is 0.882. The van der Waals surface area contributed by atoms with Crippen LogP contribution in [-0.4, -0.2) is 5.11 Å². The lowest BCUT2D eigenvalue weighted by molar-refractivity contribution is 0.279. The Balaban J connectivity index is 2.29. The number of aliphatic hydroxyl groups excluding tert-OH is 1. The molecule has 0 atom stereocenters. The smallest absolute Gasteiger partial charge is 0.0692 e. The van der Waals surface area contributed by atoms with Crippen LogP contribution >= 0.6 is 11.8 Å². The third-order valence-corrected chi connectivity index (χ3v) is 3.71. The molecule has 0 spiro atoms. The predicted octanol–water partition coefficient (Wildman–Crippen LogP) is 3.95. The van der Waals surface area contributed by atoms with E-state index < -0.39 is 0 Å². The van der Waals surface area contributed by atoms with Gasteiger partial charge in [0, 0.05) is 9.79 Å². The van der Waals surface area contributed by atoms with Gasteiger partial charge in [0.15, 0.2) is 0 Å². The Morgan fingerprint density at radius 1 is 1.00 bits per heavy atom. The summed E-state index contributed by atoms with van der Waals surface area (Å²) in [5, 5.41) is 9.36. The second-order valence-corrected chi connectivity index (χ2v) is 5.30. The maximum absolute atomic E-state index is 9.36. The first-order valence-electron chi connectivity index (χ1n) is 5.64. The topological polar surface area (TPSA) is 20.2 Å². The summed E-state index contributed by atoms with van der Waals surface area (Å²) in [6.45, 7) is 4.22. The first-order chi connectivity index (χ1) is 8.19. The highest BCUT2D eigenvalue weighted by Gasteiger charge is 2.04. The standard InChI is InChI=1S/C15H16OS/c1-11-4-3-5-14(9-11)17-15-7-6-12(2)8-13(15)10-16/h3-9,16H,10H2,1-2H3. The van der Waals surface area contributed by atoms with E-state index in [-0.39, 0.29) is 6.61 Å². The Bertz CT molecular complexity index is 520. The van der Waals surface area contributed by atoms with Crippen LogP contribution in [0.3, 0.4) is 0 Å². The summed E-state index contributed by atoms with van der Waals surface area (Å²) in [5.41, 5.74) is 3.44. The second kappa shape index (κ2) is 5.39. The normalized spacial score (nSPS) is 10.5. The summed E-state index contributed by atoms with van der Waals surface area (Å²) in [4.78, 5) is 2.34. The lowest BCUT2D eigenvalue weighted by Gasteiger charge is -2.08. The van der Waals surface area contributed by atoms with Gasteiger partial charge in [0.25, 0.3) is 0 Å². The lowest BCUT2D eigenvalue weighted by Crippen LogP contribution is -1.88. The molecule has 0 fully saturated rings. The van der Waals surface area contributed by atoms with Crippen LogP contribution in [0.4, 0.5) is 0 Å². The van der Waals surface area contributed by atoms with Crippen molar-refractivity contribution in [1.82, 2.24) is 0 Å². The van der Waals surface area contributed by atoms with Crippen LogP contribution in [0.15, 0.2) is 52.3 Å². The van der Waals surface area contributed by atoms with Gasteiger partial charge in [0.05, 0.1) is 6.61 Å². The number of hydrogen-bond donors (Lipinski definition) is 1. The molecule has 2 rings (SSSR count). The molecule has 0 aliphatic carbocycles. The number of benzene rings is 2. The van der Waals surface area contributed by atoms with Crippen LogP contribution in [0.5, 0.6) is 0 Å². The highest BCUT2D eigenvalue weighted by atomic mass is 32.2. The molecule has 2 aromatic carbocycles. The maximum atomic E-state index is 9.36. The van der Waals surface area contributed by atoms with Crippen LogP contribution in [0, 0.1) is 13.8 Å². The molecule has 2 aromatic rings. The molecule has 1 nitrogen and oxygen atoms in total. The molecule has 2 heteroatoms. The van der Waals surface area contributed by atoms with Crippen LogP contribution in [0.2, 0.25) is 0 Å². The molecule has 0 heterocycles. The van der Waals surface area contributed by atoms with E-state index in [2.05, 4.69) is 43.3 Å². The zero-order chi connectivity index (χ0) is 12.3. The van der Waals surface area contributed by atoms with Gasteiger partial charge < -0.3 is 5.11 Å². The van der Waals surface area contributed by atoms with Crippen molar-refractivity contribution in [2.45, 2.75) is 30.2 Å². The number of aliphatic hydroxyl groups is 1. The molecule has 0 unspecified atom stereocenters. The first-order valence-corrected chi connectivity index (χ1v) is 6.45. The largest absolute Gasteiger partial charge is 0.392 e. The summed E-state index contributed by atoms with van der Waals surface area (Å²) in [5.74, 6) is 0. The molecule has 0 aliphatic heterocycles. The molecule has 1 N–H and O–H groups in total. The van der Waals surface area contributed by atoms with Crippen molar-refractivity contribution in [3.63, 3.8) is 0 Å². The highest BCUT2D eigenvalue weighted by molar-refractivity contribution is 7.99. The van der Waals surface area contributed by atoms with Gasteiger partial charge in [-0.2, -0.15) is 0 Å². The number of hydrogen-bond acceptors (Lipinski definition) is 2. The van der Waals surface area contributed by atoms with E-state index in [4.69, 9.17) is 0 Å². The average molecular weight is 244 g/mol. The van der Waals surface area contributed by atoms with E-state index in [0.29, 0.717) is 0 Å². The minimum atomic E-state index is 0.0931. The van der Waals surface area contributed by atoms with E-state index in [9.17, 15) is 5.11 Å². The van der Waals surface area contributed by atoms with Gasteiger partial charge in [0.2, 0.25) is 0 Å². The molecule has 0 saturated heterocycles. The van der Waals surface area contributed by atoms with E-state index >= 15 is 0 Å². The SMILES string of the molecule is Cc1cccc(Sc2ccc(C)cc2CO)c1. The van der Waals surface area contributed by atoms with Gasteiger partial charge in [-0.1, -0.05) is 47.2 Å². The molecule has 0 aromatic heterocycles. The molecule has 0 amide bonds. The monoisotopic (exact) mass is 244 g/mol. The highest BCUT2D eigenvalue weighted by Crippen LogP contribution is 2.31. The van der Waals surface area contributed by atoms with Gasteiger partial charge in [-0.05, 0) is 37.6 Å². The Hall–Kier alpha value is -1.25. The average Bonchev–Trinajstić information content (AvgIpc) is 2.31. The summed E-state index contributed by atoms with van der Waals surface area (Å²) in [7, 11) is 0. The minimum absolute atomic E-state index is 0.0931. The zero-order valence-electron chi connectivity index (χ0n) is 10.1. The van der Waals surface area contributed by atoms with Crippen LogP contribution in [0.25, 0.3) is 0 Å². The van der Waals surface area contributed by atoms with Crippen molar-refractivity contribution in [2.75, 3.05) is 0 Å². The lowest BCUT2D eigenvalue weighted by atomic mass is 10.1. The molecule has 17 heavy (non-hydrogen) atoms. The first kappa shape index (κ1) is 12.2. The number of rotatable bonds is 3. The van der Waals surface area contributed by atoms with Gasteiger partial charge in [-0.15, -0.1) is 0 Å². The van der Waals surface area contributed by atoms with Crippen LogP contribution in [-0.2, 0) is 6.61 Å². The Kier molecular flexibility index (Phi) is 3.87. The molecule has 0 radical (unpaired) electrons. The molecule has 0 aliphatic rings.